The first-order valence-corrected chi connectivity index (χ1v) is 6.73. The molecule has 0 heterocycles. The molecule has 0 fully saturated rings. The molecule has 0 spiro atoms. The molecule has 5 heteroatoms. The monoisotopic (exact) mass is 325 g/mol. The molecule has 102 valence electrons. The Morgan fingerprint density at radius 2 is 2.21 bits per heavy atom. The number of hydrogen-bond acceptors (Lipinski definition) is 3. The van der Waals surface area contributed by atoms with E-state index in [9.17, 15) is 9.59 Å². The van der Waals surface area contributed by atoms with Crippen LogP contribution in [-0.4, -0.2) is 24.5 Å². The molecule has 1 aromatic rings. The maximum Gasteiger partial charge on any atom is 0.328 e. The van der Waals surface area contributed by atoms with Gasteiger partial charge in [0.25, 0.3) is 0 Å². The first kappa shape index (κ1) is 15.4. The average molecular weight is 326 g/mol. The van der Waals surface area contributed by atoms with Gasteiger partial charge in [0.1, 0.15) is 6.04 Å². The van der Waals surface area contributed by atoms with E-state index in [-0.39, 0.29) is 5.91 Å². The zero-order valence-corrected chi connectivity index (χ0v) is 12.4. The van der Waals surface area contributed by atoms with Crippen LogP contribution in [0.2, 0.25) is 0 Å². The van der Waals surface area contributed by atoms with E-state index < -0.39 is 12.0 Å². The Morgan fingerprint density at radius 1 is 1.47 bits per heavy atom. The Balaban J connectivity index is 2.53. The highest BCUT2D eigenvalue weighted by molar-refractivity contribution is 9.10. The summed E-state index contributed by atoms with van der Waals surface area (Å²) in [5.74, 6) is -0.771. The summed E-state index contributed by atoms with van der Waals surface area (Å²) in [4.78, 5) is 22.9. The molecule has 1 unspecified atom stereocenters. The van der Waals surface area contributed by atoms with Crippen molar-refractivity contribution in [2.24, 2.45) is 0 Å². The first-order valence-electron chi connectivity index (χ1n) is 5.93. The van der Waals surface area contributed by atoms with Crippen LogP contribution in [0.25, 0.3) is 6.08 Å². The van der Waals surface area contributed by atoms with Crippen LogP contribution < -0.4 is 5.32 Å². The van der Waals surface area contributed by atoms with E-state index in [1.54, 1.807) is 19.9 Å². The van der Waals surface area contributed by atoms with Gasteiger partial charge in [-0.25, -0.2) is 4.79 Å². The number of ether oxygens (including phenoxy) is 1. The molecule has 1 amide bonds. The number of carbonyl (C=O) groups is 2. The second-order valence-corrected chi connectivity index (χ2v) is 4.79. The van der Waals surface area contributed by atoms with Crippen LogP contribution in [0.15, 0.2) is 34.8 Å². The van der Waals surface area contributed by atoms with Crippen LogP contribution in [0, 0.1) is 0 Å². The SMILES string of the molecule is CCOC(=O)C(C)NC(=O)/C=C/c1cccc(Br)c1. The van der Waals surface area contributed by atoms with E-state index in [4.69, 9.17) is 4.74 Å². The van der Waals surface area contributed by atoms with Crippen LogP contribution in [0.5, 0.6) is 0 Å². The molecule has 0 aromatic heterocycles. The summed E-state index contributed by atoms with van der Waals surface area (Å²) in [6.45, 7) is 3.61. The second-order valence-electron chi connectivity index (χ2n) is 3.87. The number of esters is 1. The molecular formula is C14H16BrNO3. The molecule has 1 rings (SSSR count). The zero-order chi connectivity index (χ0) is 14.3. The van der Waals surface area contributed by atoms with Gasteiger partial charge in [-0.2, -0.15) is 0 Å². The Bertz CT molecular complexity index is 485. The van der Waals surface area contributed by atoms with Crippen molar-refractivity contribution in [1.82, 2.24) is 5.32 Å². The minimum absolute atomic E-state index is 0.299. The number of rotatable bonds is 5. The van der Waals surface area contributed by atoms with Crippen molar-refractivity contribution in [3.8, 4) is 0 Å². The van der Waals surface area contributed by atoms with Crippen LogP contribution in [0.3, 0.4) is 0 Å². The van der Waals surface area contributed by atoms with Crippen molar-refractivity contribution < 1.29 is 14.3 Å². The topological polar surface area (TPSA) is 55.4 Å². The van der Waals surface area contributed by atoms with Gasteiger partial charge in [0.2, 0.25) is 5.91 Å². The van der Waals surface area contributed by atoms with E-state index in [2.05, 4.69) is 21.2 Å². The summed E-state index contributed by atoms with van der Waals surface area (Å²) in [5.41, 5.74) is 0.897. The van der Waals surface area contributed by atoms with E-state index >= 15 is 0 Å². The van der Waals surface area contributed by atoms with Gasteiger partial charge in [-0.3, -0.25) is 4.79 Å². The lowest BCUT2D eigenvalue weighted by molar-refractivity contribution is -0.146. The van der Waals surface area contributed by atoms with Crippen molar-refractivity contribution in [2.45, 2.75) is 19.9 Å². The third-order valence-electron chi connectivity index (χ3n) is 2.27. The lowest BCUT2D eigenvalue weighted by Gasteiger charge is -2.10. The molecule has 1 aromatic carbocycles. The highest BCUT2D eigenvalue weighted by atomic mass is 79.9. The Morgan fingerprint density at radius 3 is 2.84 bits per heavy atom. The quantitative estimate of drug-likeness (QED) is 0.668. The standard InChI is InChI=1S/C14H16BrNO3/c1-3-19-14(18)10(2)16-13(17)8-7-11-5-4-6-12(15)9-11/h4-10H,3H2,1-2H3,(H,16,17)/b8-7+. The molecule has 0 radical (unpaired) electrons. The minimum atomic E-state index is -0.653. The predicted molar refractivity (Wildman–Crippen MR) is 77.4 cm³/mol. The molecule has 0 aliphatic heterocycles. The molecule has 0 bridgehead atoms. The highest BCUT2D eigenvalue weighted by Gasteiger charge is 2.14. The second kappa shape index (κ2) is 7.74. The van der Waals surface area contributed by atoms with Crippen molar-refractivity contribution in [3.05, 3.63) is 40.4 Å². The van der Waals surface area contributed by atoms with Crippen LogP contribution >= 0.6 is 15.9 Å². The lowest BCUT2D eigenvalue weighted by Crippen LogP contribution is -2.38. The van der Waals surface area contributed by atoms with Crippen LogP contribution in [-0.2, 0) is 14.3 Å². The lowest BCUT2D eigenvalue weighted by atomic mass is 10.2. The molecule has 1 N–H and O–H groups in total. The zero-order valence-electron chi connectivity index (χ0n) is 10.9. The number of carbonyl (C=O) groups excluding carboxylic acids is 2. The number of nitrogens with one attached hydrogen (secondary N) is 1. The predicted octanol–water partition coefficient (Wildman–Crippen LogP) is 2.53. The fourth-order valence-corrected chi connectivity index (χ4v) is 1.79. The van der Waals surface area contributed by atoms with Gasteiger partial charge in [-0.1, -0.05) is 28.1 Å². The van der Waals surface area contributed by atoms with Crippen LogP contribution in [0.1, 0.15) is 19.4 Å². The molecule has 0 saturated heterocycles. The molecule has 19 heavy (non-hydrogen) atoms. The number of halogens is 1. The summed E-state index contributed by atoms with van der Waals surface area (Å²) in [6.07, 6.45) is 3.06. The van der Waals surface area contributed by atoms with E-state index in [0.717, 1.165) is 10.0 Å². The Labute approximate surface area is 121 Å². The third kappa shape index (κ3) is 5.70. The fraction of sp³-hybridized carbons (Fsp3) is 0.286. The van der Waals surface area contributed by atoms with Gasteiger partial charge >= 0.3 is 5.97 Å². The maximum absolute atomic E-state index is 11.6. The highest BCUT2D eigenvalue weighted by Crippen LogP contribution is 2.12. The average Bonchev–Trinajstić information content (AvgIpc) is 2.36. The summed E-state index contributed by atoms with van der Waals surface area (Å²) < 4.78 is 5.74. The normalized spacial score (nSPS) is 12.2. The smallest absolute Gasteiger partial charge is 0.328 e. The minimum Gasteiger partial charge on any atom is -0.464 e. The fourth-order valence-electron chi connectivity index (χ4n) is 1.37. The Kier molecular flexibility index (Phi) is 6.29. The summed E-state index contributed by atoms with van der Waals surface area (Å²) >= 11 is 3.35. The third-order valence-corrected chi connectivity index (χ3v) is 2.77. The number of hydrogen-bond donors (Lipinski definition) is 1. The van der Waals surface area contributed by atoms with Gasteiger partial charge in [-0.15, -0.1) is 0 Å². The molecule has 1 atom stereocenters. The van der Waals surface area contributed by atoms with Gasteiger partial charge in [0.05, 0.1) is 6.61 Å². The number of amides is 1. The van der Waals surface area contributed by atoms with Crippen molar-refractivity contribution in [1.29, 1.82) is 0 Å². The maximum atomic E-state index is 11.6. The molecular weight excluding hydrogens is 310 g/mol. The molecule has 4 nitrogen and oxygen atoms in total. The van der Waals surface area contributed by atoms with Gasteiger partial charge < -0.3 is 10.1 Å². The Hall–Kier alpha value is -1.62. The van der Waals surface area contributed by atoms with E-state index in [1.165, 1.54) is 6.08 Å². The van der Waals surface area contributed by atoms with Crippen molar-refractivity contribution >= 4 is 33.9 Å². The summed E-state index contributed by atoms with van der Waals surface area (Å²) in [7, 11) is 0. The number of benzene rings is 1. The first-order chi connectivity index (χ1) is 9.02. The van der Waals surface area contributed by atoms with Crippen molar-refractivity contribution in [3.63, 3.8) is 0 Å². The molecule has 0 aliphatic rings. The van der Waals surface area contributed by atoms with Crippen molar-refractivity contribution in [2.75, 3.05) is 6.61 Å². The largest absolute Gasteiger partial charge is 0.464 e. The van der Waals surface area contributed by atoms with E-state index in [1.807, 2.05) is 24.3 Å². The summed E-state index contributed by atoms with van der Waals surface area (Å²) in [5, 5.41) is 2.54. The summed E-state index contributed by atoms with van der Waals surface area (Å²) in [6, 6.07) is 6.89. The van der Waals surface area contributed by atoms with Gasteiger partial charge in [-0.05, 0) is 37.6 Å². The van der Waals surface area contributed by atoms with Crippen LogP contribution in [0.4, 0.5) is 0 Å². The van der Waals surface area contributed by atoms with Gasteiger partial charge in [0, 0.05) is 10.5 Å². The van der Waals surface area contributed by atoms with E-state index in [0.29, 0.717) is 6.61 Å². The van der Waals surface area contributed by atoms with Gasteiger partial charge in [0.15, 0.2) is 0 Å². The molecule has 0 aliphatic carbocycles. The molecule has 0 saturated carbocycles.